The summed E-state index contributed by atoms with van der Waals surface area (Å²) in [5, 5.41) is 0. The van der Waals surface area contributed by atoms with Gasteiger partial charge in [-0.3, -0.25) is 0 Å². The van der Waals surface area contributed by atoms with Crippen LogP contribution in [0.4, 0.5) is 0 Å². The van der Waals surface area contributed by atoms with E-state index in [0.717, 1.165) is 102 Å². The summed E-state index contributed by atoms with van der Waals surface area (Å²) in [6.07, 6.45) is 26.8. The number of allylic oxidation sites excluding steroid dienone is 2. The molecular formula is C46H74N2NiO2. The second kappa shape index (κ2) is 29.4. The van der Waals surface area contributed by atoms with E-state index in [4.69, 9.17) is 7.76 Å². The van der Waals surface area contributed by atoms with Gasteiger partial charge in [0.1, 0.15) is 0 Å². The fourth-order valence-electron chi connectivity index (χ4n) is 6.56. The summed E-state index contributed by atoms with van der Waals surface area (Å²) in [7, 11) is 0. The topological polar surface area (TPSA) is 43.8 Å². The maximum atomic E-state index is 11.9. The van der Waals surface area contributed by atoms with Crippen molar-refractivity contribution in [2.45, 2.75) is 183 Å². The van der Waals surface area contributed by atoms with E-state index in [9.17, 15) is 5.53 Å². The molecule has 0 saturated carbocycles. The van der Waals surface area contributed by atoms with Gasteiger partial charge in [-0.2, -0.15) is 0 Å². The molecule has 0 fully saturated rings. The molecule has 0 saturated heterocycles. The molecule has 0 aliphatic carbocycles. The Labute approximate surface area is 321 Å². The number of rotatable bonds is 28. The molecule has 0 bridgehead atoms. The Balaban J connectivity index is 0.000000705. The van der Waals surface area contributed by atoms with E-state index in [1.54, 1.807) is 4.70 Å². The van der Waals surface area contributed by atoms with Gasteiger partial charge in [-0.15, -0.1) is 0 Å². The first-order valence-corrected chi connectivity index (χ1v) is 21.8. The van der Waals surface area contributed by atoms with E-state index in [2.05, 4.69) is 90.1 Å². The van der Waals surface area contributed by atoms with Crippen LogP contribution in [0, 0.1) is 0 Å². The van der Waals surface area contributed by atoms with Crippen LogP contribution >= 0.6 is 0 Å². The van der Waals surface area contributed by atoms with Crippen LogP contribution in [0.2, 0.25) is 0 Å². The second-order valence-corrected chi connectivity index (χ2v) is 14.9. The van der Waals surface area contributed by atoms with Crippen molar-refractivity contribution >= 4 is 11.4 Å². The first-order chi connectivity index (χ1) is 25.1. The van der Waals surface area contributed by atoms with E-state index in [1.807, 2.05) is 0 Å². The van der Waals surface area contributed by atoms with Gasteiger partial charge >= 0.3 is 75.6 Å². The molecule has 5 heteroatoms. The van der Waals surface area contributed by atoms with Crippen molar-refractivity contribution in [2.24, 2.45) is 0 Å². The van der Waals surface area contributed by atoms with Gasteiger partial charge in [0.25, 0.3) is 0 Å². The molecule has 0 radical (unpaired) electrons. The number of hydrogen-bond donors (Lipinski definition) is 0. The number of aryl methyl sites for hydroxylation is 2. The summed E-state index contributed by atoms with van der Waals surface area (Å²) in [6, 6.07) is 17.9. The second-order valence-electron chi connectivity index (χ2n) is 14.2. The average molecular weight is 746 g/mol. The Bertz CT molecular complexity index is 1260. The molecule has 0 spiro atoms. The van der Waals surface area contributed by atoms with E-state index >= 15 is 0 Å². The van der Waals surface area contributed by atoms with Gasteiger partial charge < -0.3 is 5.53 Å². The summed E-state index contributed by atoms with van der Waals surface area (Å²) >= 11 is 0.968. The number of unbranched alkanes of at least 4 members (excludes halogenated alkanes) is 13. The van der Waals surface area contributed by atoms with Crippen LogP contribution < -0.4 is 0 Å². The van der Waals surface area contributed by atoms with Crippen LogP contribution in [0.5, 0.6) is 0 Å². The van der Waals surface area contributed by atoms with Gasteiger partial charge in [0.2, 0.25) is 11.4 Å². The van der Waals surface area contributed by atoms with Gasteiger partial charge in [0, 0.05) is 22.3 Å². The summed E-state index contributed by atoms with van der Waals surface area (Å²) in [5.41, 5.74) is 21.6. The molecular weight excluding hydrogens is 671 g/mol. The van der Waals surface area contributed by atoms with Crippen LogP contribution in [0.15, 0.2) is 59.7 Å². The summed E-state index contributed by atoms with van der Waals surface area (Å²) < 4.78 is 11.8. The van der Waals surface area contributed by atoms with Gasteiger partial charge in [-0.1, -0.05) is 123 Å². The van der Waals surface area contributed by atoms with Crippen molar-refractivity contribution in [2.75, 3.05) is 13.2 Å². The molecule has 51 heavy (non-hydrogen) atoms. The molecule has 4 nitrogen and oxygen atoms in total. The monoisotopic (exact) mass is 745 g/mol. The van der Waals surface area contributed by atoms with E-state index in [-0.39, 0.29) is 0 Å². The molecule has 2 aromatic carbocycles. The first kappa shape index (κ1) is 45.1. The fraction of sp³-hybridized carbons (Fsp3) is 0.652. The first-order valence-electron chi connectivity index (χ1n) is 21.0. The minimum absolute atomic E-state index is 0.808. The van der Waals surface area contributed by atoms with Gasteiger partial charge in [0.05, 0.1) is 0 Å². The van der Waals surface area contributed by atoms with Crippen LogP contribution in [0.25, 0.3) is 16.9 Å². The number of nitrogens with zero attached hydrogens (tertiary/aromatic N) is 2. The number of benzene rings is 2. The van der Waals surface area contributed by atoms with Crippen LogP contribution in [0.1, 0.15) is 192 Å². The molecule has 1 heterocycles. The molecule has 2 aromatic rings. The van der Waals surface area contributed by atoms with Gasteiger partial charge in [0.15, 0.2) is 0 Å². The molecule has 0 N–H and O–H groups in total. The van der Waals surface area contributed by atoms with Crippen molar-refractivity contribution in [1.82, 2.24) is 0 Å². The number of hydrogen-bond acceptors (Lipinski definition) is 2. The molecule has 3 rings (SSSR count). The third kappa shape index (κ3) is 17.5. The van der Waals surface area contributed by atoms with Crippen LogP contribution in [-0.4, -0.2) is 17.9 Å². The summed E-state index contributed by atoms with van der Waals surface area (Å²) in [5.74, 6) is 0. The maximum absolute atomic E-state index is 11.9. The summed E-state index contributed by atoms with van der Waals surface area (Å²) in [4.78, 5) is 0. The van der Waals surface area contributed by atoms with Gasteiger partial charge in [-0.05, 0) is 80.3 Å². The predicted octanol–water partition coefficient (Wildman–Crippen LogP) is 14.8. The van der Waals surface area contributed by atoms with E-state index in [0.29, 0.717) is 0 Å². The van der Waals surface area contributed by atoms with E-state index in [1.165, 1.54) is 112 Å². The molecule has 290 valence electrons. The Hall–Kier alpha value is -2.07. The molecule has 1 aliphatic heterocycles. The minimum atomic E-state index is 0.808. The zero-order valence-corrected chi connectivity index (χ0v) is 34.6. The Morgan fingerprint density at radius 2 is 0.980 bits per heavy atom. The van der Waals surface area contributed by atoms with Crippen LogP contribution in [-0.2, 0) is 35.7 Å². The molecule has 0 unspecified atom stereocenters. The molecule has 1 aliphatic rings. The zero-order valence-electron chi connectivity index (χ0n) is 33.6. The van der Waals surface area contributed by atoms with Crippen molar-refractivity contribution in [3.8, 4) is 0 Å². The average Bonchev–Trinajstić information content (AvgIpc) is 3.43. The van der Waals surface area contributed by atoms with Gasteiger partial charge in [-0.25, -0.2) is 4.70 Å². The third-order valence-electron chi connectivity index (χ3n) is 9.77. The molecule has 0 amide bonds. The summed E-state index contributed by atoms with van der Waals surface area (Å²) in [6.45, 7) is 14.9. The van der Waals surface area contributed by atoms with Crippen molar-refractivity contribution in [3.05, 3.63) is 87.5 Å². The SMILES string of the molecule is CCCCCCCCCCC1=C(c2cccc(CC)c2)[N+](=[N-])C(c2ccc(CCCCCC)cc2)=C1CCCC.CCCC[O][Ni][O]CCCC. The Morgan fingerprint density at radius 1 is 0.490 bits per heavy atom. The Kier molecular flexibility index (Phi) is 26.0. The molecule has 0 aromatic heterocycles. The fourth-order valence-corrected chi connectivity index (χ4v) is 7.09. The third-order valence-corrected chi connectivity index (χ3v) is 10.4. The van der Waals surface area contributed by atoms with Crippen LogP contribution in [0.3, 0.4) is 0 Å². The van der Waals surface area contributed by atoms with Crippen molar-refractivity contribution in [3.63, 3.8) is 0 Å². The Morgan fingerprint density at radius 3 is 1.55 bits per heavy atom. The van der Waals surface area contributed by atoms with Crippen molar-refractivity contribution in [1.29, 1.82) is 0 Å². The quantitative estimate of drug-likeness (QED) is 0.0494. The normalized spacial score (nSPS) is 13.0. The molecule has 0 atom stereocenters. The predicted molar refractivity (Wildman–Crippen MR) is 216 cm³/mol. The standard InChI is InChI=1S/C38H56N2.2C4H9O.Ni/c1-5-9-12-14-15-16-17-19-25-36-35(24-11-7-3)37(33-28-26-32(27-29-33)21-18-13-10-6-2)40(39)38(36)34-23-20-22-31(8-4)30-34;2*1-2-3-4-5;/h20,22-23,26-30H,5-19,21,24-25H2,1-4H3;2*2-4H2,1H3;/q;2*-1;+2. The van der Waals surface area contributed by atoms with Crippen molar-refractivity contribution < 1.29 is 27.5 Å². The van der Waals surface area contributed by atoms with E-state index < -0.39 is 0 Å². The zero-order chi connectivity index (χ0) is 36.9.